The average Bonchev–Trinajstić information content (AvgIpc) is 4.25. The zero-order chi connectivity index (χ0) is 55.1. The van der Waals surface area contributed by atoms with Crippen LogP contribution in [0.2, 0.25) is 0 Å². The first kappa shape index (κ1) is 19.5. The minimum Gasteiger partial charge on any atom is -0.456 e. The lowest BCUT2D eigenvalue weighted by atomic mass is 9.98. The Balaban J connectivity index is 1.29. The third-order valence-electron chi connectivity index (χ3n) is 9.76. The Labute approximate surface area is 362 Å². The van der Waals surface area contributed by atoms with E-state index >= 15 is 0 Å². The molecule has 0 aliphatic rings. The van der Waals surface area contributed by atoms with Crippen LogP contribution in [0.15, 0.2) is 192 Å². The van der Waals surface area contributed by atoms with E-state index in [1.807, 2.05) is 60.7 Å². The van der Waals surface area contributed by atoms with Crippen LogP contribution >= 0.6 is 0 Å². The molecule has 1 unspecified atom stereocenters. The second-order valence-corrected chi connectivity index (χ2v) is 13.2. The molecule has 274 valence electrons. The molecule has 0 spiro atoms. The molecule has 0 N–H and O–H groups in total. The van der Waals surface area contributed by atoms with Gasteiger partial charge in [0.15, 0.2) is 17.5 Å². The molecule has 3 aromatic heterocycles. The molecule has 0 aliphatic heterocycles. The SMILES string of the molecule is [2H]c1c([2H])c([2H])c(-n2c3c([2H])c([2H])c([2H])c([2H])c3c3c(C([2H])C)c([2H])c(-c4nc(-c5cccc(-c6cccc(-c7ccccc7)c6)c5)nc(-c5c([2H])c([2H])c6oc7c([2H])c([2H])c([2H])c([2H])c7c6c5[2H])n4)c([2H])c32)c([2H])c1[2H]. The number of rotatable bonds is 7. The second-order valence-electron chi connectivity index (χ2n) is 13.2. The maximum Gasteiger partial charge on any atom is 0.164 e. The number of benzene rings is 8. The molecule has 3 heterocycles. The van der Waals surface area contributed by atoms with E-state index in [1.54, 1.807) is 18.2 Å². The van der Waals surface area contributed by atoms with E-state index in [2.05, 4.69) is 0 Å². The molecular weight excluding hydrogens is 709 g/mol. The highest BCUT2D eigenvalue weighted by Gasteiger charge is 2.20. The van der Waals surface area contributed by atoms with Gasteiger partial charge in [0.2, 0.25) is 0 Å². The molecule has 11 aromatic rings. The number of aromatic nitrogens is 4. The summed E-state index contributed by atoms with van der Waals surface area (Å²) in [4.78, 5) is 14.3. The zero-order valence-electron chi connectivity index (χ0n) is 49.3. The van der Waals surface area contributed by atoms with Crippen molar-refractivity contribution in [2.24, 2.45) is 0 Å². The van der Waals surface area contributed by atoms with Crippen LogP contribution in [-0.4, -0.2) is 19.5 Å². The third-order valence-corrected chi connectivity index (χ3v) is 9.76. The van der Waals surface area contributed by atoms with E-state index in [-0.39, 0.29) is 44.1 Å². The van der Waals surface area contributed by atoms with Crippen molar-refractivity contribution in [1.82, 2.24) is 19.5 Å². The summed E-state index contributed by atoms with van der Waals surface area (Å²) in [6, 6.07) is 11.9. The fourth-order valence-corrected chi connectivity index (χ4v) is 7.12. The van der Waals surface area contributed by atoms with Crippen molar-refractivity contribution in [2.45, 2.75) is 13.3 Å². The Kier molecular flexibility index (Phi) is 4.65. The second kappa shape index (κ2) is 13.8. The van der Waals surface area contributed by atoms with Crippen LogP contribution in [0.1, 0.15) is 38.5 Å². The molecule has 0 amide bonds. The van der Waals surface area contributed by atoms with Gasteiger partial charge >= 0.3 is 0 Å². The molecule has 5 nitrogen and oxygen atoms in total. The molecule has 0 aliphatic carbocycles. The van der Waals surface area contributed by atoms with Gasteiger partial charge in [-0.3, -0.25) is 0 Å². The maximum atomic E-state index is 10.1. The summed E-state index contributed by atoms with van der Waals surface area (Å²) in [5.41, 5.74) is 0.315. The summed E-state index contributed by atoms with van der Waals surface area (Å²) in [7, 11) is 0. The van der Waals surface area contributed by atoms with Gasteiger partial charge in [-0.25, -0.2) is 15.0 Å². The van der Waals surface area contributed by atoms with Crippen LogP contribution in [0.3, 0.4) is 0 Å². The predicted octanol–water partition coefficient (Wildman–Crippen LogP) is 13.8. The topological polar surface area (TPSA) is 56.7 Å². The first-order chi connectivity index (χ1) is 36.6. The number of hydrogen-bond acceptors (Lipinski definition) is 4. The van der Waals surface area contributed by atoms with E-state index < -0.39 is 155 Å². The van der Waals surface area contributed by atoms with Crippen LogP contribution in [0.25, 0.3) is 106 Å². The first-order valence-electron chi connectivity index (χ1n) is 27.7. The molecular formula is C53H36N4O. The van der Waals surface area contributed by atoms with Gasteiger partial charge in [0.25, 0.3) is 0 Å². The molecule has 0 fully saturated rings. The molecule has 0 saturated heterocycles. The van der Waals surface area contributed by atoms with E-state index in [0.717, 1.165) is 21.3 Å². The molecule has 1 atom stereocenters. The Morgan fingerprint density at radius 1 is 0.500 bits per heavy atom. The van der Waals surface area contributed by atoms with Gasteiger partial charge in [0.05, 0.1) is 35.7 Å². The van der Waals surface area contributed by atoms with Gasteiger partial charge in [-0.2, -0.15) is 0 Å². The zero-order valence-corrected chi connectivity index (χ0v) is 30.3. The number of aryl methyl sites for hydroxylation is 1. The molecule has 5 heteroatoms. The summed E-state index contributed by atoms with van der Waals surface area (Å²) < 4.78 is 178. The van der Waals surface area contributed by atoms with Crippen LogP contribution in [-0.2, 0) is 6.40 Å². The average molecular weight is 764 g/mol. The van der Waals surface area contributed by atoms with E-state index in [9.17, 15) is 9.60 Å². The van der Waals surface area contributed by atoms with Crippen LogP contribution in [0, 0.1) is 0 Å². The number of para-hydroxylation sites is 3. The highest BCUT2D eigenvalue weighted by molar-refractivity contribution is 6.12. The third kappa shape index (κ3) is 5.75. The summed E-state index contributed by atoms with van der Waals surface area (Å²) in [6.45, 7) is 1.37. The summed E-state index contributed by atoms with van der Waals surface area (Å²) in [6.07, 6.45) is -1.43. The number of furan rings is 1. The summed E-state index contributed by atoms with van der Waals surface area (Å²) in [5, 5.41) is -1.03. The van der Waals surface area contributed by atoms with Crippen molar-refractivity contribution < 1.29 is 30.5 Å². The van der Waals surface area contributed by atoms with Gasteiger partial charge in [-0.1, -0.05) is 128 Å². The van der Waals surface area contributed by atoms with Crippen molar-refractivity contribution >= 4 is 43.7 Å². The van der Waals surface area contributed by atoms with E-state index in [0.29, 0.717) is 11.1 Å². The van der Waals surface area contributed by atoms with Crippen molar-refractivity contribution in [3.05, 3.63) is 193 Å². The van der Waals surface area contributed by atoms with Crippen LogP contribution in [0.5, 0.6) is 0 Å². The standard InChI is InChI=1S/C53H36N4O/c1-2-34-29-41(33-47-50(34)44-24-9-11-25-46(44)57(47)42-21-7-4-8-22-42)53-55-51(54-52(56-53)40-27-28-49-45(32-40)43-23-10-12-26-48(43)58-49)39-20-14-19-38(31-39)37-18-13-17-36(30-37)35-15-5-3-6-16-35/h3-33H,2H2,1H3/i2D,4D,7D,8D,9D,10D,11D,12D,21D,22D,23D,24D,25D,26D,27D,28D,29D,32D,33D. The Hall–Kier alpha value is -7.63. The van der Waals surface area contributed by atoms with Gasteiger partial charge < -0.3 is 8.98 Å². The van der Waals surface area contributed by atoms with Crippen molar-refractivity contribution in [1.29, 1.82) is 0 Å². The summed E-state index contributed by atoms with van der Waals surface area (Å²) in [5.74, 6) is -1.14. The highest BCUT2D eigenvalue weighted by Crippen LogP contribution is 2.39. The molecule has 11 rings (SSSR count). The molecule has 58 heavy (non-hydrogen) atoms. The van der Waals surface area contributed by atoms with Crippen LogP contribution < -0.4 is 0 Å². The lowest BCUT2D eigenvalue weighted by Gasteiger charge is -2.13. The first-order valence-corrected chi connectivity index (χ1v) is 18.1. The van der Waals surface area contributed by atoms with Crippen molar-refractivity contribution in [3.63, 3.8) is 0 Å². The Morgan fingerprint density at radius 2 is 1.10 bits per heavy atom. The molecule has 0 radical (unpaired) electrons. The minimum absolute atomic E-state index is 0.166. The fraction of sp³-hybridized carbons (Fsp3) is 0.0377. The van der Waals surface area contributed by atoms with Gasteiger partial charge in [0.1, 0.15) is 11.2 Å². The minimum atomic E-state index is -1.43. The maximum absolute atomic E-state index is 10.1. The molecule has 8 aromatic carbocycles. The van der Waals surface area contributed by atoms with Crippen molar-refractivity contribution in [2.75, 3.05) is 0 Å². The molecule has 0 saturated carbocycles. The Bertz CT molecular complexity index is 4390. The largest absolute Gasteiger partial charge is 0.456 e. The predicted molar refractivity (Wildman–Crippen MR) is 238 cm³/mol. The number of fused-ring (bicyclic) bond motifs is 6. The number of nitrogens with zero attached hydrogens (tertiary/aromatic N) is 4. The fourth-order valence-electron chi connectivity index (χ4n) is 7.12. The Morgan fingerprint density at radius 3 is 1.88 bits per heavy atom. The monoisotopic (exact) mass is 763 g/mol. The van der Waals surface area contributed by atoms with Crippen LogP contribution in [0.4, 0.5) is 0 Å². The smallest absolute Gasteiger partial charge is 0.164 e. The number of hydrogen-bond donors (Lipinski definition) is 0. The normalized spacial score (nSPS) is 16.7. The van der Waals surface area contributed by atoms with Crippen molar-refractivity contribution in [3.8, 4) is 62.1 Å². The highest BCUT2D eigenvalue weighted by atomic mass is 16.3. The van der Waals surface area contributed by atoms with Gasteiger partial charge in [0, 0.05) is 45.3 Å². The van der Waals surface area contributed by atoms with Gasteiger partial charge in [-0.05, 0) is 101 Å². The van der Waals surface area contributed by atoms with E-state index in [4.69, 9.17) is 35.8 Å². The molecule has 0 bridgehead atoms. The van der Waals surface area contributed by atoms with Gasteiger partial charge in [-0.15, -0.1) is 0 Å². The summed E-state index contributed by atoms with van der Waals surface area (Å²) >= 11 is 0. The lowest BCUT2D eigenvalue weighted by Crippen LogP contribution is -2.01. The quantitative estimate of drug-likeness (QED) is 0.162. The lowest BCUT2D eigenvalue weighted by molar-refractivity contribution is 0.669. The van der Waals surface area contributed by atoms with E-state index in [1.165, 1.54) is 6.92 Å².